The first-order valence-corrected chi connectivity index (χ1v) is 4.35. The second kappa shape index (κ2) is 4.67. The third kappa shape index (κ3) is 2.75. The summed E-state index contributed by atoms with van der Waals surface area (Å²) in [5, 5.41) is 0. The van der Waals surface area contributed by atoms with Gasteiger partial charge in [-0.15, -0.1) is 0 Å². The summed E-state index contributed by atoms with van der Waals surface area (Å²) in [4.78, 5) is 2.17. The molecule has 0 amide bonds. The quantitative estimate of drug-likeness (QED) is 0.656. The Labute approximate surface area is 67.6 Å². The number of hydrogen-bond donors (Lipinski definition) is 1. The minimum atomic E-state index is -0.215. The van der Waals surface area contributed by atoms with Crippen molar-refractivity contribution >= 4 is 0 Å². The van der Waals surface area contributed by atoms with Gasteiger partial charge in [-0.2, -0.15) is 0 Å². The Bertz CT molecular complexity index is 100. The van der Waals surface area contributed by atoms with Crippen molar-refractivity contribution in [3.8, 4) is 0 Å². The maximum atomic E-state index is 11.9. The molecule has 2 N–H and O–H groups in total. The van der Waals surface area contributed by atoms with E-state index in [-0.39, 0.29) is 6.67 Å². The molecule has 0 spiro atoms. The zero-order valence-electron chi connectivity index (χ0n) is 6.93. The molecule has 0 aromatic carbocycles. The number of likely N-dealkylation sites (tertiary alicyclic amines) is 1. The average molecular weight is 160 g/mol. The highest BCUT2D eigenvalue weighted by atomic mass is 19.1. The second-order valence-corrected chi connectivity index (χ2v) is 3.21. The molecule has 0 bridgehead atoms. The van der Waals surface area contributed by atoms with Crippen LogP contribution < -0.4 is 5.73 Å². The Morgan fingerprint density at radius 1 is 1.36 bits per heavy atom. The van der Waals surface area contributed by atoms with Gasteiger partial charge in [0.2, 0.25) is 0 Å². The van der Waals surface area contributed by atoms with Crippen LogP contribution in [0.5, 0.6) is 0 Å². The number of piperidine rings is 1. The lowest BCUT2D eigenvalue weighted by Crippen LogP contribution is -2.37. The molecule has 0 unspecified atom stereocenters. The van der Waals surface area contributed by atoms with Crippen molar-refractivity contribution < 1.29 is 4.39 Å². The molecule has 11 heavy (non-hydrogen) atoms. The first-order chi connectivity index (χ1) is 5.36. The van der Waals surface area contributed by atoms with E-state index in [4.69, 9.17) is 5.73 Å². The summed E-state index contributed by atoms with van der Waals surface area (Å²) in [5.74, 6) is 0.686. The van der Waals surface area contributed by atoms with E-state index in [1.54, 1.807) is 0 Å². The Hall–Kier alpha value is -0.150. The molecule has 0 atom stereocenters. The smallest absolute Gasteiger partial charge is 0.102 e. The first kappa shape index (κ1) is 8.94. The maximum absolute atomic E-state index is 11.9. The molecule has 1 saturated heterocycles. The monoisotopic (exact) mass is 160 g/mol. The zero-order valence-corrected chi connectivity index (χ0v) is 6.93. The molecule has 0 saturated carbocycles. The second-order valence-electron chi connectivity index (χ2n) is 3.21. The van der Waals surface area contributed by atoms with Crippen LogP contribution in [0, 0.1) is 5.92 Å². The predicted octanol–water partition coefficient (Wildman–Crippen LogP) is 0.627. The van der Waals surface area contributed by atoms with E-state index >= 15 is 0 Å². The Balaban J connectivity index is 2.14. The van der Waals surface area contributed by atoms with Gasteiger partial charge in [0, 0.05) is 6.54 Å². The molecule has 2 nitrogen and oxygen atoms in total. The van der Waals surface area contributed by atoms with Gasteiger partial charge in [0.25, 0.3) is 0 Å². The van der Waals surface area contributed by atoms with Crippen LogP contribution >= 0.6 is 0 Å². The maximum Gasteiger partial charge on any atom is 0.102 e. The molecule has 3 heteroatoms. The fraction of sp³-hybridized carbons (Fsp3) is 1.00. The summed E-state index contributed by atoms with van der Waals surface area (Å²) in [6.45, 7) is 3.26. The van der Waals surface area contributed by atoms with Crippen molar-refractivity contribution in [2.24, 2.45) is 11.7 Å². The highest BCUT2D eigenvalue weighted by Crippen LogP contribution is 2.14. The van der Waals surface area contributed by atoms with Crippen LogP contribution in [0.25, 0.3) is 0 Å². The summed E-state index contributed by atoms with van der Waals surface area (Å²) < 4.78 is 11.9. The fourth-order valence-electron chi connectivity index (χ4n) is 1.57. The number of nitrogens with two attached hydrogens (primary N) is 1. The van der Waals surface area contributed by atoms with Gasteiger partial charge >= 0.3 is 0 Å². The lowest BCUT2D eigenvalue weighted by atomic mass is 9.97. The molecule has 1 rings (SSSR count). The summed E-state index contributed by atoms with van der Waals surface area (Å²) in [7, 11) is 0. The third-order valence-electron chi connectivity index (χ3n) is 2.44. The Kier molecular flexibility index (Phi) is 3.80. The molecule has 0 radical (unpaired) electrons. The van der Waals surface area contributed by atoms with E-state index < -0.39 is 0 Å². The standard InChI is InChI=1S/C8H17FN2/c9-3-6-11-4-1-8(7-10)2-5-11/h8H,1-7,10H2. The van der Waals surface area contributed by atoms with Crippen LogP contribution in [-0.2, 0) is 0 Å². The summed E-state index contributed by atoms with van der Waals surface area (Å²) in [5.41, 5.74) is 5.53. The minimum absolute atomic E-state index is 0.215. The van der Waals surface area contributed by atoms with Gasteiger partial charge in [0.15, 0.2) is 0 Å². The third-order valence-corrected chi connectivity index (χ3v) is 2.44. The van der Waals surface area contributed by atoms with Crippen LogP contribution in [0.15, 0.2) is 0 Å². The fourth-order valence-corrected chi connectivity index (χ4v) is 1.57. The van der Waals surface area contributed by atoms with Crippen molar-refractivity contribution in [3.05, 3.63) is 0 Å². The average Bonchev–Trinajstić information content (AvgIpc) is 2.07. The highest BCUT2D eigenvalue weighted by molar-refractivity contribution is 4.72. The van der Waals surface area contributed by atoms with E-state index in [1.165, 1.54) is 0 Å². The lowest BCUT2D eigenvalue weighted by molar-refractivity contribution is 0.175. The topological polar surface area (TPSA) is 29.3 Å². The van der Waals surface area contributed by atoms with Crippen LogP contribution in [0.2, 0.25) is 0 Å². The summed E-state index contributed by atoms with van der Waals surface area (Å²) in [6, 6.07) is 0. The van der Waals surface area contributed by atoms with E-state index in [0.717, 1.165) is 32.5 Å². The van der Waals surface area contributed by atoms with Crippen molar-refractivity contribution in [2.45, 2.75) is 12.8 Å². The number of halogens is 1. The summed E-state index contributed by atoms with van der Waals surface area (Å²) >= 11 is 0. The minimum Gasteiger partial charge on any atom is -0.330 e. The molecule has 0 aromatic rings. The molecule has 1 fully saturated rings. The molecule has 1 aliphatic heterocycles. The van der Waals surface area contributed by atoms with E-state index in [1.807, 2.05) is 0 Å². The SMILES string of the molecule is NCC1CCN(CCF)CC1. The van der Waals surface area contributed by atoms with Gasteiger partial charge < -0.3 is 10.6 Å². The number of nitrogens with zero attached hydrogens (tertiary/aromatic N) is 1. The van der Waals surface area contributed by atoms with E-state index in [0.29, 0.717) is 12.5 Å². The highest BCUT2D eigenvalue weighted by Gasteiger charge is 2.16. The Morgan fingerprint density at radius 3 is 2.45 bits per heavy atom. The van der Waals surface area contributed by atoms with Gasteiger partial charge in [-0.25, -0.2) is 4.39 Å². The van der Waals surface area contributed by atoms with E-state index in [2.05, 4.69) is 4.90 Å². The molecular formula is C8H17FN2. The number of rotatable bonds is 3. The summed E-state index contributed by atoms with van der Waals surface area (Å²) in [6.07, 6.45) is 2.30. The van der Waals surface area contributed by atoms with E-state index in [9.17, 15) is 4.39 Å². The van der Waals surface area contributed by atoms with Gasteiger partial charge in [-0.3, -0.25) is 0 Å². The lowest BCUT2D eigenvalue weighted by Gasteiger charge is -2.30. The van der Waals surface area contributed by atoms with Crippen molar-refractivity contribution in [3.63, 3.8) is 0 Å². The van der Waals surface area contributed by atoms with Crippen LogP contribution in [0.3, 0.4) is 0 Å². The molecule has 1 aliphatic rings. The molecule has 1 heterocycles. The van der Waals surface area contributed by atoms with Crippen LogP contribution in [0.1, 0.15) is 12.8 Å². The number of hydrogen-bond acceptors (Lipinski definition) is 2. The van der Waals surface area contributed by atoms with Gasteiger partial charge in [-0.1, -0.05) is 0 Å². The van der Waals surface area contributed by atoms with Crippen molar-refractivity contribution in [1.29, 1.82) is 0 Å². The zero-order chi connectivity index (χ0) is 8.10. The van der Waals surface area contributed by atoms with Gasteiger partial charge in [-0.05, 0) is 38.4 Å². The van der Waals surface area contributed by atoms with Gasteiger partial charge in [0.05, 0.1) is 0 Å². The number of alkyl halides is 1. The Morgan fingerprint density at radius 2 is 2.00 bits per heavy atom. The normalized spacial score (nSPS) is 22.4. The molecular weight excluding hydrogens is 143 g/mol. The largest absolute Gasteiger partial charge is 0.330 e. The molecule has 0 aliphatic carbocycles. The predicted molar refractivity (Wildman–Crippen MR) is 44.2 cm³/mol. The molecule has 66 valence electrons. The van der Waals surface area contributed by atoms with Crippen LogP contribution in [0.4, 0.5) is 4.39 Å². The first-order valence-electron chi connectivity index (χ1n) is 4.35. The van der Waals surface area contributed by atoms with Crippen molar-refractivity contribution in [2.75, 3.05) is 32.9 Å². The van der Waals surface area contributed by atoms with Crippen LogP contribution in [-0.4, -0.2) is 37.8 Å². The molecule has 0 aromatic heterocycles. The van der Waals surface area contributed by atoms with Gasteiger partial charge in [0.1, 0.15) is 6.67 Å². The van der Waals surface area contributed by atoms with Crippen molar-refractivity contribution in [1.82, 2.24) is 4.90 Å².